The number of rotatable bonds is 2. The van der Waals surface area contributed by atoms with Crippen molar-refractivity contribution in [3.05, 3.63) is 55.1 Å². The summed E-state index contributed by atoms with van der Waals surface area (Å²) in [5, 5.41) is 6.81. The van der Waals surface area contributed by atoms with Gasteiger partial charge < -0.3 is 10.6 Å². The van der Waals surface area contributed by atoms with Crippen molar-refractivity contribution in [2.75, 3.05) is 10.6 Å². The van der Waals surface area contributed by atoms with E-state index < -0.39 is 5.82 Å². The molecule has 21 heavy (non-hydrogen) atoms. The average molecular weight is 473 g/mol. The van der Waals surface area contributed by atoms with Gasteiger partial charge in [0, 0.05) is 14.0 Å². The van der Waals surface area contributed by atoms with Gasteiger partial charge in [-0.3, -0.25) is 0 Å². The minimum atomic E-state index is -0.442. The zero-order valence-corrected chi connectivity index (χ0v) is 15.7. The Morgan fingerprint density at radius 3 is 2.43 bits per heavy atom. The van der Waals surface area contributed by atoms with E-state index in [4.69, 9.17) is 35.4 Å². The van der Waals surface area contributed by atoms with Gasteiger partial charge in [0.15, 0.2) is 5.11 Å². The Morgan fingerprint density at radius 1 is 1.10 bits per heavy atom. The molecule has 0 heterocycles. The van der Waals surface area contributed by atoms with Crippen molar-refractivity contribution in [1.29, 1.82) is 0 Å². The third-order valence-electron chi connectivity index (χ3n) is 2.42. The molecule has 0 amide bonds. The molecule has 0 radical (unpaired) electrons. The summed E-state index contributed by atoms with van der Waals surface area (Å²) in [4.78, 5) is 0. The van der Waals surface area contributed by atoms with E-state index in [1.54, 1.807) is 24.3 Å². The van der Waals surface area contributed by atoms with E-state index in [9.17, 15) is 4.39 Å². The molecule has 2 nitrogen and oxygen atoms in total. The quantitative estimate of drug-likeness (QED) is 0.490. The Morgan fingerprint density at radius 2 is 1.81 bits per heavy atom. The Labute approximate surface area is 153 Å². The van der Waals surface area contributed by atoms with Crippen LogP contribution in [-0.2, 0) is 0 Å². The molecule has 2 aromatic carbocycles. The highest BCUT2D eigenvalue weighted by Gasteiger charge is 2.11. The van der Waals surface area contributed by atoms with Crippen LogP contribution < -0.4 is 10.6 Å². The topological polar surface area (TPSA) is 24.1 Å². The van der Waals surface area contributed by atoms with Gasteiger partial charge in [-0.25, -0.2) is 4.39 Å². The van der Waals surface area contributed by atoms with Gasteiger partial charge in [0.1, 0.15) is 5.82 Å². The summed E-state index contributed by atoms with van der Waals surface area (Å²) in [6.07, 6.45) is 0. The smallest absolute Gasteiger partial charge is 0.175 e. The lowest BCUT2D eigenvalue weighted by Gasteiger charge is -2.14. The van der Waals surface area contributed by atoms with Gasteiger partial charge in [0.25, 0.3) is 0 Å². The highest BCUT2D eigenvalue weighted by Crippen LogP contribution is 2.30. The van der Waals surface area contributed by atoms with Crippen LogP contribution in [0.15, 0.2) is 39.3 Å². The molecule has 0 bridgehead atoms. The van der Waals surface area contributed by atoms with E-state index in [0.29, 0.717) is 24.7 Å². The summed E-state index contributed by atoms with van der Waals surface area (Å²) in [5.74, 6) is -0.442. The lowest BCUT2D eigenvalue weighted by atomic mass is 10.3. The van der Waals surface area contributed by atoms with Crippen LogP contribution in [0.3, 0.4) is 0 Å². The maximum absolute atomic E-state index is 13.9. The Hall–Kier alpha value is -0.400. The number of hydrogen-bond acceptors (Lipinski definition) is 1. The van der Waals surface area contributed by atoms with Crippen molar-refractivity contribution < 1.29 is 4.39 Å². The SMILES string of the molecule is Fc1cc(Br)cc(Br)c1NC(=S)Nc1ccc(Cl)cc1Cl. The summed E-state index contributed by atoms with van der Waals surface area (Å²) in [7, 11) is 0. The third kappa shape index (κ3) is 4.53. The van der Waals surface area contributed by atoms with Gasteiger partial charge in [-0.05, 0) is 58.5 Å². The first-order valence-corrected chi connectivity index (χ1v) is 8.29. The van der Waals surface area contributed by atoms with Crippen molar-refractivity contribution in [3.8, 4) is 0 Å². The van der Waals surface area contributed by atoms with Crippen molar-refractivity contribution in [3.63, 3.8) is 0 Å². The molecule has 8 heteroatoms. The molecular formula is C13H7Br2Cl2FN2S. The zero-order valence-electron chi connectivity index (χ0n) is 10.2. The monoisotopic (exact) mass is 470 g/mol. The molecule has 0 aromatic heterocycles. The maximum Gasteiger partial charge on any atom is 0.175 e. The molecular weight excluding hydrogens is 466 g/mol. The first-order valence-electron chi connectivity index (χ1n) is 5.54. The number of thiocarbonyl (C=S) groups is 1. The lowest BCUT2D eigenvalue weighted by molar-refractivity contribution is 0.630. The molecule has 0 aliphatic rings. The lowest BCUT2D eigenvalue weighted by Crippen LogP contribution is -2.20. The molecule has 0 spiro atoms. The molecule has 0 unspecified atom stereocenters. The molecule has 110 valence electrons. The fraction of sp³-hybridized carbons (Fsp3) is 0. The van der Waals surface area contributed by atoms with Gasteiger partial charge in [-0.15, -0.1) is 0 Å². The van der Waals surface area contributed by atoms with Crippen LogP contribution in [0.25, 0.3) is 0 Å². The molecule has 0 aliphatic heterocycles. The van der Waals surface area contributed by atoms with E-state index in [0.717, 1.165) is 0 Å². The minimum Gasteiger partial charge on any atom is -0.331 e. The third-order valence-corrected chi connectivity index (χ3v) is 4.26. The molecule has 2 aromatic rings. The van der Waals surface area contributed by atoms with Gasteiger partial charge in [0.2, 0.25) is 0 Å². The Balaban J connectivity index is 2.16. The second-order valence-electron chi connectivity index (χ2n) is 3.95. The van der Waals surface area contributed by atoms with Crippen LogP contribution in [-0.4, -0.2) is 5.11 Å². The first kappa shape index (κ1) is 17.0. The van der Waals surface area contributed by atoms with E-state index in [-0.39, 0.29) is 10.8 Å². The van der Waals surface area contributed by atoms with E-state index in [1.165, 1.54) is 6.07 Å². The van der Waals surface area contributed by atoms with E-state index in [1.807, 2.05) is 0 Å². The fourth-order valence-electron chi connectivity index (χ4n) is 1.52. The zero-order chi connectivity index (χ0) is 15.6. The number of nitrogens with one attached hydrogen (secondary N) is 2. The predicted octanol–water partition coefficient (Wildman–Crippen LogP) is 6.47. The number of benzene rings is 2. The van der Waals surface area contributed by atoms with Gasteiger partial charge in [-0.1, -0.05) is 39.1 Å². The molecule has 0 fully saturated rings. The molecule has 2 rings (SSSR count). The summed E-state index contributed by atoms with van der Waals surface area (Å²) in [6, 6.07) is 8.00. The Bertz CT molecular complexity index is 690. The number of anilines is 2. The van der Waals surface area contributed by atoms with E-state index in [2.05, 4.69) is 42.5 Å². The summed E-state index contributed by atoms with van der Waals surface area (Å²) < 4.78 is 15.1. The summed E-state index contributed by atoms with van der Waals surface area (Å²) in [6.45, 7) is 0. The molecule has 0 aliphatic carbocycles. The van der Waals surface area contributed by atoms with Crippen LogP contribution in [0.4, 0.5) is 15.8 Å². The van der Waals surface area contributed by atoms with Gasteiger partial charge in [-0.2, -0.15) is 0 Å². The Kier molecular flexibility index (Phi) is 5.85. The van der Waals surface area contributed by atoms with Crippen molar-refractivity contribution >= 4 is 83.8 Å². The second kappa shape index (κ2) is 7.24. The fourth-order valence-corrected chi connectivity index (χ4v) is 3.46. The maximum atomic E-state index is 13.9. The van der Waals surface area contributed by atoms with Crippen LogP contribution in [0, 0.1) is 5.82 Å². The second-order valence-corrected chi connectivity index (χ2v) is 6.97. The largest absolute Gasteiger partial charge is 0.331 e. The van der Waals surface area contributed by atoms with Gasteiger partial charge >= 0.3 is 0 Å². The summed E-state index contributed by atoms with van der Waals surface area (Å²) >= 11 is 23.5. The van der Waals surface area contributed by atoms with Crippen molar-refractivity contribution in [1.82, 2.24) is 0 Å². The normalized spacial score (nSPS) is 10.3. The van der Waals surface area contributed by atoms with E-state index >= 15 is 0 Å². The van der Waals surface area contributed by atoms with Crippen LogP contribution in [0.1, 0.15) is 0 Å². The van der Waals surface area contributed by atoms with Crippen LogP contribution >= 0.6 is 67.3 Å². The number of hydrogen-bond donors (Lipinski definition) is 2. The predicted molar refractivity (Wildman–Crippen MR) is 98.1 cm³/mol. The highest BCUT2D eigenvalue weighted by molar-refractivity contribution is 9.11. The first-order chi connectivity index (χ1) is 9.86. The van der Waals surface area contributed by atoms with Gasteiger partial charge in [0.05, 0.1) is 16.4 Å². The van der Waals surface area contributed by atoms with Crippen LogP contribution in [0.5, 0.6) is 0 Å². The molecule has 0 saturated heterocycles. The van der Waals surface area contributed by atoms with Crippen molar-refractivity contribution in [2.24, 2.45) is 0 Å². The summed E-state index contributed by atoms with van der Waals surface area (Å²) in [5.41, 5.74) is 0.813. The van der Waals surface area contributed by atoms with Crippen molar-refractivity contribution in [2.45, 2.75) is 0 Å². The number of halogens is 5. The minimum absolute atomic E-state index is 0.209. The molecule has 0 saturated carbocycles. The van der Waals surface area contributed by atoms with Crippen LogP contribution in [0.2, 0.25) is 10.0 Å². The average Bonchev–Trinajstić information content (AvgIpc) is 2.37. The highest BCUT2D eigenvalue weighted by atomic mass is 79.9. The standard InChI is InChI=1S/C13H7Br2Cl2FN2S/c14-6-3-8(15)12(10(18)4-6)20-13(21)19-11-2-1-7(16)5-9(11)17/h1-5H,(H2,19,20,21). The molecule has 0 atom stereocenters. The molecule has 2 N–H and O–H groups in total.